The van der Waals surface area contributed by atoms with Gasteiger partial charge in [-0.15, -0.1) is 0 Å². The summed E-state index contributed by atoms with van der Waals surface area (Å²) in [6, 6.07) is -0.0346. The van der Waals surface area contributed by atoms with Crippen LogP contribution >= 0.6 is 0 Å². The van der Waals surface area contributed by atoms with Crippen molar-refractivity contribution >= 4 is 6.09 Å². The summed E-state index contributed by atoms with van der Waals surface area (Å²) in [4.78, 5) is 13.7. The van der Waals surface area contributed by atoms with Crippen LogP contribution < -0.4 is 0 Å². The van der Waals surface area contributed by atoms with Crippen LogP contribution in [0.25, 0.3) is 0 Å². The van der Waals surface area contributed by atoms with Gasteiger partial charge < -0.3 is 14.7 Å². The van der Waals surface area contributed by atoms with Crippen LogP contribution in [-0.4, -0.2) is 40.9 Å². The molecule has 1 heterocycles. The first-order valence-corrected chi connectivity index (χ1v) is 6.98. The van der Waals surface area contributed by atoms with Gasteiger partial charge in [-0.2, -0.15) is 0 Å². The van der Waals surface area contributed by atoms with Crippen molar-refractivity contribution in [1.29, 1.82) is 0 Å². The Bertz CT molecular complexity index is 315. The molecule has 0 bridgehead atoms. The maximum absolute atomic E-state index is 12.0. The highest BCUT2D eigenvalue weighted by Crippen LogP contribution is 2.49. The lowest BCUT2D eigenvalue weighted by Crippen LogP contribution is -2.68. The number of carbonyl (C=O) groups excluding carboxylic acids is 1. The molecule has 18 heavy (non-hydrogen) atoms. The minimum atomic E-state index is -0.466. The summed E-state index contributed by atoms with van der Waals surface area (Å²) in [7, 11) is 0. The fourth-order valence-electron chi connectivity index (χ4n) is 3.32. The monoisotopic (exact) mass is 255 g/mol. The van der Waals surface area contributed by atoms with Crippen LogP contribution in [0, 0.1) is 5.41 Å². The number of nitrogens with zero attached hydrogens (tertiary/aromatic N) is 1. The average Bonchev–Trinajstić information content (AvgIpc) is 2.25. The van der Waals surface area contributed by atoms with Gasteiger partial charge in [0, 0.05) is 12.0 Å². The first-order valence-electron chi connectivity index (χ1n) is 6.98. The molecular formula is C14H25NO3. The molecule has 1 amide bonds. The normalized spacial score (nSPS) is 26.9. The molecule has 0 radical (unpaired) electrons. The number of hydrogen-bond donors (Lipinski definition) is 1. The topological polar surface area (TPSA) is 49.8 Å². The predicted molar refractivity (Wildman–Crippen MR) is 69.3 cm³/mol. The lowest BCUT2D eigenvalue weighted by molar-refractivity contribution is -0.114. The molecule has 104 valence electrons. The van der Waals surface area contributed by atoms with Crippen molar-refractivity contribution in [2.45, 2.75) is 64.5 Å². The van der Waals surface area contributed by atoms with Crippen molar-refractivity contribution in [3.05, 3.63) is 0 Å². The minimum absolute atomic E-state index is 0.0346. The molecule has 1 spiro atoms. The van der Waals surface area contributed by atoms with Crippen LogP contribution in [0.1, 0.15) is 52.9 Å². The van der Waals surface area contributed by atoms with Crippen LogP contribution in [-0.2, 0) is 4.74 Å². The highest BCUT2D eigenvalue weighted by Gasteiger charge is 2.54. The fraction of sp³-hybridized carbons (Fsp3) is 0.929. The second-order valence-corrected chi connectivity index (χ2v) is 6.73. The Kier molecular flexibility index (Phi) is 3.58. The molecule has 1 atom stereocenters. The van der Waals surface area contributed by atoms with Gasteiger partial charge in [-0.25, -0.2) is 4.79 Å². The number of carbonyl (C=O) groups is 1. The second kappa shape index (κ2) is 4.72. The lowest BCUT2D eigenvalue weighted by Gasteiger charge is -2.58. The van der Waals surface area contributed by atoms with Crippen molar-refractivity contribution in [3.63, 3.8) is 0 Å². The van der Waals surface area contributed by atoms with Gasteiger partial charge in [-0.1, -0.05) is 19.3 Å². The zero-order valence-corrected chi connectivity index (χ0v) is 11.7. The first-order chi connectivity index (χ1) is 8.38. The molecule has 1 saturated heterocycles. The Hall–Kier alpha value is -0.770. The maximum Gasteiger partial charge on any atom is 0.410 e. The smallest absolute Gasteiger partial charge is 0.410 e. The van der Waals surface area contributed by atoms with Gasteiger partial charge in [-0.05, 0) is 33.6 Å². The van der Waals surface area contributed by atoms with E-state index < -0.39 is 5.60 Å². The zero-order valence-electron chi connectivity index (χ0n) is 11.7. The third kappa shape index (κ3) is 2.48. The summed E-state index contributed by atoms with van der Waals surface area (Å²) < 4.78 is 5.38. The van der Waals surface area contributed by atoms with Gasteiger partial charge >= 0.3 is 6.09 Å². The molecule has 2 aliphatic rings. The van der Waals surface area contributed by atoms with E-state index in [9.17, 15) is 9.90 Å². The van der Waals surface area contributed by atoms with E-state index in [-0.39, 0.29) is 24.2 Å². The van der Waals surface area contributed by atoms with Crippen molar-refractivity contribution in [2.24, 2.45) is 5.41 Å². The summed E-state index contributed by atoms with van der Waals surface area (Å²) in [5.74, 6) is 0. The van der Waals surface area contributed by atoms with E-state index in [1.54, 1.807) is 4.90 Å². The summed E-state index contributed by atoms with van der Waals surface area (Å²) in [5, 5.41) is 9.57. The molecule has 0 aromatic rings. The maximum atomic E-state index is 12.0. The Morgan fingerprint density at radius 3 is 2.44 bits per heavy atom. The van der Waals surface area contributed by atoms with Gasteiger partial charge in [0.25, 0.3) is 0 Å². The predicted octanol–water partition coefficient (Wildman–Crippen LogP) is 2.55. The Balaban J connectivity index is 1.98. The van der Waals surface area contributed by atoms with Crippen LogP contribution in [0.3, 0.4) is 0 Å². The lowest BCUT2D eigenvalue weighted by atomic mass is 9.63. The van der Waals surface area contributed by atoms with Gasteiger partial charge in [0.1, 0.15) is 5.60 Å². The highest BCUT2D eigenvalue weighted by molar-refractivity contribution is 5.70. The van der Waals surface area contributed by atoms with E-state index in [1.165, 1.54) is 19.3 Å². The second-order valence-electron chi connectivity index (χ2n) is 6.73. The minimum Gasteiger partial charge on any atom is -0.444 e. The van der Waals surface area contributed by atoms with E-state index in [0.717, 1.165) is 19.4 Å². The molecular weight excluding hydrogens is 230 g/mol. The van der Waals surface area contributed by atoms with E-state index in [2.05, 4.69) is 0 Å². The van der Waals surface area contributed by atoms with E-state index >= 15 is 0 Å². The van der Waals surface area contributed by atoms with E-state index in [0.29, 0.717) is 0 Å². The van der Waals surface area contributed by atoms with Gasteiger partial charge in [0.2, 0.25) is 0 Å². The Morgan fingerprint density at radius 2 is 1.94 bits per heavy atom. The quantitative estimate of drug-likeness (QED) is 0.783. The summed E-state index contributed by atoms with van der Waals surface area (Å²) >= 11 is 0. The van der Waals surface area contributed by atoms with Crippen LogP contribution in [0.4, 0.5) is 4.79 Å². The summed E-state index contributed by atoms with van der Waals surface area (Å²) in [5.41, 5.74) is -0.295. The third-order valence-corrected chi connectivity index (χ3v) is 4.22. The SMILES string of the molecule is CC(C)(C)OC(=O)N1CC2(CCCCC2)[C@H]1CO. The average molecular weight is 255 g/mol. The molecule has 1 saturated carbocycles. The van der Waals surface area contributed by atoms with Gasteiger partial charge in [0.05, 0.1) is 12.6 Å². The van der Waals surface area contributed by atoms with Crippen molar-refractivity contribution in [3.8, 4) is 0 Å². The Morgan fingerprint density at radius 1 is 1.33 bits per heavy atom. The molecule has 0 aromatic heterocycles. The Labute approximate surface area is 109 Å². The molecule has 2 fully saturated rings. The highest BCUT2D eigenvalue weighted by atomic mass is 16.6. The first kappa shape index (κ1) is 13.7. The largest absolute Gasteiger partial charge is 0.444 e. The molecule has 1 N–H and O–H groups in total. The third-order valence-electron chi connectivity index (χ3n) is 4.22. The standard InChI is InChI=1S/C14H25NO3/c1-13(2,3)18-12(17)15-10-14(11(15)9-16)7-5-4-6-8-14/h11,16H,4-10H2,1-3H3/t11-/m1/s1. The number of hydrogen-bond acceptors (Lipinski definition) is 3. The number of ether oxygens (including phenoxy) is 1. The molecule has 0 unspecified atom stereocenters. The van der Waals surface area contributed by atoms with Crippen LogP contribution in [0.5, 0.6) is 0 Å². The molecule has 4 heteroatoms. The molecule has 4 nitrogen and oxygen atoms in total. The molecule has 0 aromatic carbocycles. The zero-order chi connectivity index (χ0) is 13.4. The van der Waals surface area contributed by atoms with Crippen molar-refractivity contribution in [2.75, 3.05) is 13.2 Å². The molecule has 1 aliphatic heterocycles. The number of rotatable bonds is 1. The number of aliphatic hydroxyl groups excluding tert-OH is 1. The van der Waals surface area contributed by atoms with Crippen LogP contribution in [0.2, 0.25) is 0 Å². The van der Waals surface area contributed by atoms with Gasteiger partial charge in [-0.3, -0.25) is 0 Å². The number of aliphatic hydroxyl groups is 1. The number of likely N-dealkylation sites (tertiary alicyclic amines) is 1. The fourth-order valence-corrected chi connectivity index (χ4v) is 3.32. The molecule has 1 aliphatic carbocycles. The van der Waals surface area contributed by atoms with E-state index in [1.807, 2.05) is 20.8 Å². The summed E-state index contributed by atoms with van der Waals surface area (Å²) in [6.45, 7) is 6.42. The molecule has 2 rings (SSSR count). The van der Waals surface area contributed by atoms with E-state index in [4.69, 9.17) is 4.74 Å². The van der Waals surface area contributed by atoms with Crippen molar-refractivity contribution < 1.29 is 14.6 Å². The van der Waals surface area contributed by atoms with Crippen molar-refractivity contribution in [1.82, 2.24) is 4.90 Å². The van der Waals surface area contributed by atoms with Crippen LogP contribution in [0.15, 0.2) is 0 Å². The summed E-state index contributed by atoms with van der Waals surface area (Å²) in [6.07, 6.45) is 5.72. The van der Waals surface area contributed by atoms with Gasteiger partial charge in [0.15, 0.2) is 0 Å². The number of amides is 1.